The van der Waals surface area contributed by atoms with E-state index >= 15 is 0 Å². The number of halogens is 2. The predicted molar refractivity (Wildman–Crippen MR) is 111 cm³/mol. The van der Waals surface area contributed by atoms with Crippen LogP contribution in [0.3, 0.4) is 0 Å². The van der Waals surface area contributed by atoms with Gasteiger partial charge in [0.25, 0.3) is 5.91 Å². The predicted octanol–water partition coefficient (Wildman–Crippen LogP) is 4.36. The Bertz CT molecular complexity index is 1040. The van der Waals surface area contributed by atoms with E-state index < -0.39 is 18.5 Å². The molecule has 7 nitrogen and oxygen atoms in total. The van der Waals surface area contributed by atoms with E-state index in [0.29, 0.717) is 21.7 Å². The second-order valence-electron chi connectivity index (χ2n) is 6.38. The maximum atomic E-state index is 12.6. The van der Waals surface area contributed by atoms with Gasteiger partial charge in [0.15, 0.2) is 12.4 Å². The molecule has 2 aromatic heterocycles. The fourth-order valence-electron chi connectivity index (χ4n) is 2.57. The number of carbonyl (C=O) groups is 2. The molecule has 2 heterocycles. The quantitative estimate of drug-likeness (QED) is 0.514. The van der Waals surface area contributed by atoms with E-state index in [1.165, 1.54) is 17.8 Å². The SMILES string of the molecule is CSc1nc(C2CC2)cc(C(=O)OCC(=O)Nc2nc(C)c(Cl)cc2Cl)c1C#N. The number of aryl methyl sites for hydroxylation is 1. The van der Waals surface area contributed by atoms with Crippen LogP contribution in [0.2, 0.25) is 10.0 Å². The first-order chi connectivity index (χ1) is 13.8. The van der Waals surface area contributed by atoms with E-state index in [0.717, 1.165) is 18.5 Å². The fraction of sp³-hybridized carbons (Fsp3) is 0.316. The molecule has 0 aromatic carbocycles. The van der Waals surface area contributed by atoms with Gasteiger partial charge >= 0.3 is 5.97 Å². The largest absolute Gasteiger partial charge is 0.452 e. The molecule has 1 aliphatic carbocycles. The third kappa shape index (κ3) is 4.99. The lowest BCUT2D eigenvalue weighted by molar-refractivity contribution is -0.119. The summed E-state index contributed by atoms with van der Waals surface area (Å²) in [7, 11) is 0. The molecule has 1 aliphatic rings. The maximum Gasteiger partial charge on any atom is 0.340 e. The number of nitriles is 1. The number of anilines is 1. The fourth-order valence-corrected chi connectivity index (χ4v) is 3.53. The van der Waals surface area contributed by atoms with Crippen LogP contribution in [0.25, 0.3) is 0 Å². The zero-order chi connectivity index (χ0) is 21.1. The number of pyridine rings is 2. The van der Waals surface area contributed by atoms with Crippen molar-refractivity contribution in [1.82, 2.24) is 9.97 Å². The first-order valence-electron chi connectivity index (χ1n) is 8.62. The average Bonchev–Trinajstić information content (AvgIpc) is 3.54. The van der Waals surface area contributed by atoms with Crippen molar-refractivity contribution in [1.29, 1.82) is 5.26 Å². The summed E-state index contributed by atoms with van der Waals surface area (Å²) >= 11 is 13.2. The van der Waals surface area contributed by atoms with Crippen molar-refractivity contribution in [3.05, 3.63) is 44.7 Å². The molecule has 3 rings (SSSR count). The number of amides is 1. The van der Waals surface area contributed by atoms with Crippen molar-refractivity contribution in [2.75, 3.05) is 18.2 Å². The van der Waals surface area contributed by atoms with Gasteiger partial charge in [-0.25, -0.2) is 14.8 Å². The molecule has 0 radical (unpaired) electrons. The lowest BCUT2D eigenvalue weighted by atomic mass is 10.1. The molecule has 2 aromatic rings. The number of carbonyl (C=O) groups excluding carboxylic acids is 2. The standard InChI is InChI=1S/C19H16Cl2N4O3S/c1-9-13(20)6-14(21)17(23-9)25-16(26)8-28-19(27)11-5-15(10-3-4-10)24-18(29-2)12(11)7-22/h5-6,10H,3-4,8H2,1-2H3,(H,23,25,26). The molecular weight excluding hydrogens is 435 g/mol. The molecule has 150 valence electrons. The zero-order valence-electron chi connectivity index (χ0n) is 15.6. The van der Waals surface area contributed by atoms with Gasteiger partial charge in [-0.05, 0) is 38.2 Å². The van der Waals surface area contributed by atoms with Crippen LogP contribution in [0.5, 0.6) is 0 Å². The molecule has 1 fully saturated rings. The first kappa shape index (κ1) is 21.4. The molecule has 0 unspecified atom stereocenters. The molecule has 1 N–H and O–H groups in total. The molecular formula is C19H16Cl2N4O3S. The third-order valence-corrected chi connectivity index (χ3v) is 5.58. The Labute approximate surface area is 181 Å². The van der Waals surface area contributed by atoms with Gasteiger partial charge in [-0.2, -0.15) is 5.26 Å². The van der Waals surface area contributed by atoms with Crippen LogP contribution in [0, 0.1) is 18.3 Å². The van der Waals surface area contributed by atoms with E-state index in [2.05, 4.69) is 15.3 Å². The van der Waals surface area contributed by atoms with Crippen molar-refractivity contribution < 1.29 is 14.3 Å². The Hall–Kier alpha value is -2.34. The van der Waals surface area contributed by atoms with Crippen LogP contribution in [0.1, 0.15) is 46.1 Å². The second-order valence-corrected chi connectivity index (χ2v) is 7.98. The van der Waals surface area contributed by atoms with Gasteiger partial charge in [-0.15, -0.1) is 11.8 Å². The minimum absolute atomic E-state index is 0.111. The first-order valence-corrected chi connectivity index (χ1v) is 10.6. The summed E-state index contributed by atoms with van der Waals surface area (Å²) in [5.41, 5.74) is 1.51. The Morgan fingerprint density at radius 3 is 2.66 bits per heavy atom. The van der Waals surface area contributed by atoms with Gasteiger partial charge in [0, 0.05) is 11.6 Å². The molecule has 10 heteroatoms. The van der Waals surface area contributed by atoms with E-state index in [-0.39, 0.29) is 22.0 Å². The topological polar surface area (TPSA) is 105 Å². The van der Waals surface area contributed by atoms with Crippen LogP contribution < -0.4 is 5.32 Å². The Kier molecular flexibility index (Phi) is 6.63. The average molecular weight is 451 g/mol. The normalized spacial score (nSPS) is 12.9. The lowest BCUT2D eigenvalue weighted by Gasteiger charge is -2.11. The number of thioether (sulfide) groups is 1. The van der Waals surface area contributed by atoms with Crippen LogP contribution in [-0.2, 0) is 9.53 Å². The highest BCUT2D eigenvalue weighted by atomic mass is 35.5. The Balaban J connectivity index is 1.72. The van der Waals surface area contributed by atoms with Crippen LogP contribution in [0.15, 0.2) is 17.2 Å². The number of hydrogen-bond acceptors (Lipinski definition) is 7. The lowest BCUT2D eigenvalue weighted by Crippen LogP contribution is -2.22. The number of hydrogen-bond donors (Lipinski definition) is 1. The summed E-state index contributed by atoms with van der Waals surface area (Å²) < 4.78 is 5.12. The zero-order valence-corrected chi connectivity index (χ0v) is 17.9. The minimum atomic E-state index is -0.761. The molecule has 0 aliphatic heterocycles. The highest BCUT2D eigenvalue weighted by Gasteiger charge is 2.29. The van der Waals surface area contributed by atoms with E-state index in [1.54, 1.807) is 19.2 Å². The monoisotopic (exact) mass is 450 g/mol. The number of ether oxygens (including phenoxy) is 1. The summed E-state index contributed by atoms with van der Waals surface area (Å²) in [5.74, 6) is -0.959. The molecule has 0 saturated heterocycles. The summed E-state index contributed by atoms with van der Waals surface area (Å²) in [4.78, 5) is 33.3. The summed E-state index contributed by atoms with van der Waals surface area (Å²) in [5, 5.41) is 12.9. The van der Waals surface area contributed by atoms with Crippen molar-refractivity contribution >= 4 is 52.7 Å². The molecule has 0 atom stereocenters. The second kappa shape index (κ2) is 8.99. The molecule has 0 spiro atoms. The van der Waals surface area contributed by atoms with Gasteiger partial charge in [0.05, 0.1) is 26.9 Å². The molecule has 29 heavy (non-hydrogen) atoms. The van der Waals surface area contributed by atoms with Gasteiger partial charge in [0.1, 0.15) is 11.1 Å². The third-order valence-electron chi connectivity index (χ3n) is 4.22. The van der Waals surface area contributed by atoms with Crippen molar-refractivity contribution in [2.24, 2.45) is 0 Å². The number of nitrogens with zero attached hydrogens (tertiary/aromatic N) is 3. The summed E-state index contributed by atoms with van der Waals surface area (Å²) in [6.07, 6.45) is 3.78. The van der Waals surface area contributed by atoms with E-state index in [4.69, 9.17) is 27.9 Å². The maximum absolute atomic E-state index is 12.6. The van der Waals surface area contributed by atoms with E-state index in [1.807, 2.05) is 6.07 Å². The van der Waals surface area contributed by atoms with Crippen molar-refractivity contribution in [2.45, 2.75) is 30.7 Å². The highest BCUT2D eigenvalue weighted by molar-refractivity contribution is 7.98. The number of aromatic nitrogens is 2. The van der Waals surface area contributed by atoms with Gasteiger partial charge in [0.2, 0.25) is 0 Å². The summed E-state index contributed by atoms with van der Waals surface area (Å²) in [6, 6.07) is 5.05. The van der Waals surface area contributed by atoms with Crippen molar-refractivity contribution in [3.8, 4) is 6.07 Å². The molecule has 1 amide bonds. The van der Waals surface area contributed by atoms with Gasteiger partial charge in [-0.3, -0.25) is 4.79 Å². The van der Waals surface area contributed by atoms with Crippen LogP contribution in [0.4, 0.5) is 5.82 Å². The number of esters is 1. The van der Waals surface area contributed by atoms with E-state index in [9.17, 15) is 14.9 Å². The smallest absolute Gasteiger partial charge is 0.340 e. The number of nitrogens with one attached hydrogen (secondary N) is 1. The van der Waals surface area contributed by atoms with Crippen LogP contribution >= 0.6 is 35.0 Å². The Morgan fingerprint density at radius 2 is 2.03 bits per heavy atom. The summed E-state index contributed by atoms with van der Waals surface area (Å²) in [6.45, 7) is 1.11. The van der Waals surface area contributed by atoms with Gasteiger partial charge in [-0.1, -0.05) is 23.2 Å². The Morgan fingerprint density at radius 1 is 1.31 bits per heavy atom. The van der Waals surface area contributed by atoms with Gasteiger partial charge < -0.3 is 10.1 Å². The van der Waals surface area contributed by atoms with Crippen LogP contribution in [-0.4, -0.2) is 34.7 Å². The minimum Gasteiger partial charge on any atom is -0.452 e. The van der Waals surface area contributed by atoms with Crippen molar-refractivity contribution in [3.63, 3.8) is 0 Å². The highest BCUT2D eigenvalue weighted by Crippen LogP contribution is 2.40. The number of rotatable bonds is 6. The molecule has 0 bridgehead atoms. The molecule has 1 saturated carbocycles.